The second-order valence-corrected chi connectivity index (χ2v) is 7.66. The average molecular weight is 416 g/mol. The van der Waals surface area contributed by atoms with E-state index in [1.165, 1.54) is 6.33 Å². The Morgan fingerprint density at radius 2 is 2.19 bits per heavy atom. The maximum absolute atomic E-state index is 12.6. The monoisotopic (exact) mass is 416 g/mol. The summed E-state index contributed by atoms with van der Waals surface area (Å²) in [6, 6.07) is 11.7. The summed E-state index contributed by atoms with van der Waals surface area (Å²) in [5, 5.41) is 28.5. The summed E-state index contributed by atoms with van der Waals surface area (Å²) >= 11 is 0. The number of aromatic nitrogens is 4. The number of hydrogen-bond acceptors (Lipinski definition) is 6. The molecule has 0 bridgehead atoms. The second kappa shape index (κ2) is 9.26. The Balaban J connectivity index is 1.54. The number of nitrogens with one attached hydrogen (secondary N) is 4. The van der Waals surface area contributed by atoms with E-state index in [0.717, 1.165) is 31.2 Å². The van der Waals surface area contributed by atoms with Crippen molar-refractivity contribution in [1.29, 1.82) is 10.7 Å². The first kappa shape index (κ1) is 20.3. The summed E-state index contributed by atoms with van der Waals surface area (Å²) < 4.78 is 1.71. The molecular formula is C22H24N8O. The zero-order valence-corrected chi connectivity index (χ0v) is 17.0. The summed E-state index contributed by atoms with van der Waals surface area (Å²) in [5.74, 6) is -0.108. The van der Waals surface area contributed by atoms with E-state index in [1.807, 2.05) is 24.3 Å². The second-order valence-electron chi connectivity index (χ2n) is 7.66. The van der Waals surface area contributed by atoms with Crippen molar-refractivity contribution in [3.63, 3.8) is 0 Å². The number of aromatic amines is 1. The SMILES string of the molecule is N#C[C@H]1CCCC[C@@H]1Nc1cc[nH]c(=O)c1C(=N)Nc1cccc(Cn2cncn2)c1. The molecule has 0 spiro atoms. The van der Waals surface area contributed by atoms with Gasteiger partial charge in [-0.15, -0.1) is 0 Å². The van der Waals surface area contributed by atoms with Crippen LogP contribution in [0.25, 0.3) is 0 Å². The van der Waals surface area contributed by atoms with Crippen molar-refractivity contribution < 1.29 is 0 Å². The first-order valence-electron chi connectivity index (χ1n) is 10.3. The van der Waals surface area contributed by atoms with Crippen molar-refractivity contribution >= 4 is 17.2 Å². The molecule has 0 saturated heterocycles. The lowest BCUT2D eigenvalue weighted by Gasteiger charge is -2.29. The van der Waals surface area contributed by atoms with Gasteiger partial charge >= 0.3 is 0 Å². The fourth-order valence-corrected chi connectivity index (χ4v) is 3.96. The van der Waals surface area contributed by atoms with Gasteiger partial charge < -0.3 is 15.6 Å². The van der Waals surface area contributed by atoms with E-state index in [1.54, 1.807) is 23.3 Å². The van der Waals surface area contributed by atoms with Gasteiger partial charge in [0.25, 0.3) is 5.56 Å². The van der Waals surface area contributed by atoms with Crippen molar-refractivity contribution in [1.82, 2.24) is 19.7 Å². The van der Waals surface area contributed by atoms with Gasteiger partial charge in [0.1, 0.15) is 24.1 Å². The zero-order valence-electron chi connectivity index (χ0n) is 17.0. The minimum Gasteiger partial charge on any atom is -0.380 e. The number of anilines is 2. The minimum absolute atomic E-state index is 0.00780. The molecule has 2 aromatic heterocycles. The average Bonchev–Trinajstić information content (AvgIpc) is 3.27. The first-order valence-corrected chi connectivity index (χ1v) is 10.3. The fourth-order valence-electron chi connectivity index (χ4n) is 3.96. The van der Waals surface area contributed by atoms with Crippen LogP contribution < -0.4 is 16.2 Å². The Bertz CT molecular complexity index is 1140. The molecule has 3 aromatic rings. The van der Waals surface area contributed by atoms with Crippen LogP contribution >= 0.6 is 0 Å². The molecule has 158 valence electrons. The first-order chi connectivity index (χ1) is 15.1. The highest BCUT2D eigenvalue weighted by molar-refractivity contribution is 6.09. The van der Waals surface area contributed by atoms with E-state index in [9.17, 15) is 10.1 Å². The van der Waals surface area contributed by atoms with Crippen LogP contribution in [0.1, 0.15) is 36.8 Å². The molecule has 1 saturated carbocycles. The van der Waals surface area contributed by atoms with Crippen molar-refractivity contribution in [2.24, 2.45) is 5.92 Å². The number of nitriles is 1. The molecule has 1 aliphatic carbocycles. The van der Waals surface area contributed by atoms with Gasteiger partial charge in [-0.1, -0.05) is 25.0 Å². The van der Waals surface area contributed by atoms with Gasteiger partial charge in [-0.3, -0.25) is 10.2 Å². The van der Waals surface area contributed by atoms with Crippen LogP contribution in [0.2, 0.25) is 0 Å². The van der Waals surface area contributed by atoms with E-state index in [4.69, 9.17) is 5.41 Å². The van der Waals surface area contributed by atoms with Crippen LogP contribution in [0.4, 0.5) is 11.4 Å². The third kappa shape index (κ3) is 4.80. The predicted octanol–water partition coefficient (Wildman–Crippen LogP) is 2.95. The third-order valence-electron chi connectivity index (χ3n) is 5.49. The van der Waals surface area contributed by atoms with Gasteiger partial charge in [-0.05, 0) is 36.6 Å². The number of pyridine rings is 1. The summed E-state index contributed by atoms with van der Waals surface area (Å²) in [4.78, 5) is 19.2. The van der Waals surface area contributed by atoms with Crippen molar-refractivity contribution in [3.05, 3.63) is 70.7 Å². The Labute approximate surface area is 179 Å². The molecule has 0 unspecified atom stereocenters. The maximum Gasteiger partial charge on any atom is 0.261 e. The van der Waals surface area contributed by atoms with Crippen LogP contribution in [-0.4, -0.2) is 31.6 Å². The molecule has 2 heterocycles. The Morgan fingerprint density at radius 3 is 3.00 bits per heavy atom. The number of hydrogen-bond donors (Lipinski definition) is 4. The lowest BCUT2D eigenvalue weighted by atomic mass is 9.85. The molecule has 4 rings (SSSR count). The molecular weight excluding hydrogens is 392 g/mol. The van der Waals surface area contributed by atoms with E-state index >= 15 is 0 Å². The molecule has 0 radical (unpaired) electrons. The van der Waals surface area contributed by atoms with Crippen LogP contribution in [0.3, 0.4) is 0 Å². The highest BCUT2D eigenvalue weighted by atomic mass is 16.1. The van der Waals surface area contributed by atoms with Gasteiger partial charge in [0.05, 0.1) is 24.2 Å². The molecule has 1 aliphatic rings. The third-order valence-corrected chi connectivity index (χ3v) is 5.49. The van der Waals surface area contributed by atoms with Crippen molar-refractivity contribution in [2.75, 3.05) is 10.6 Å². The zero-order chi connectivity index (χ0) is 21.6. The number of benzene rings is 1. The number of H-pyrrole nitrogens is 1. The number of rotatable bonds is 6. The van der Waals surface area contributed by atoms with Crippen LogP contribution in [0, 0.1) is 22.7 Å². The summed E-state index contributed by atoms with van der Waals surface area (Å²) in [5.41, 5.74) is 2.12. The Morgan fingerprint density at radius 1 is 1.32 bits per heavy atom. The normalized spacial score (nSPS) is 18.2. The topological polar surface area (TPSA) is 135 Å². The van der Waals surface area contributed by atoms with Crippen LogP contribution in [0.15, 0.2) is 54.0 Å². The minimum atomic E-state index is -0.356. The predicted molar refractivity (Wildman–Crippen MR) is 118 cm³/mol. The molecule has 9 heteroatoms. The van der Waals surface area contributed by atoms with E-state index < -0.39 is 0 Å². The van der Waals surface area contributed by atoms with Crippen molar-refractivity contribution in [2.45, 2.75) is 38.3 Å². The highest BCUT2D eigenvalue weighted by Gasteiger charge is 2.26. The molecule has 9 nitrogen and oxygen atoms in total. The Kier molecular flexibility index (Phi) is 6.08. The van der Waals surface area contributed by atoms with Gasteiger partial charge in [0, 0.05) is 17.9 Å². The molecule has 0 amide bonds. The quantitative estimate of drug-likeness (QED) is 0.360. The van der Waals surface area contributed by atoms with Crippen molar-refractivity contribution in [3.8, 4) is 6.07 Å². The summed E-state index contributed by atoms with van der Waals surface area (Å²) in [7, 11) is 0. The standard InChI is InChI=1S/C22H24N8O/c23-11-16-5-1-2-7-18(16)29-19-8-9-26-22(31)20(19)21(24)28-17-6-3-4-15(10-17)12-30-14-25-13-27-30/h3-4,6,8-10,13-14,16,18H,1-2,5,7,12H2,(H2,24,28)(H2,26,29,31)/t16-,18+/m1/s1. The largest absolute Gasteiger partial charge is 0.380 e. The molecule has 2 atom stereocenters. The van der Waals surface area contributed by atoms with E-state index in [0.29, 0.717) is 17.9 Å². The smallest absolute Gasteiger partial charge is 0.261 e. The van der Waals surface area contributed by atoms with E-state index in [2.05, 4.69) is 31.8 Å². The van der Waals surface area contributed by atoms with Crippen LogP contribution in [-0.2, 0) is 6.54 Å². The number of nitrogens with zero attached hydrogens (tertiary/aromatic N) is 4. The van der Waals surface area contributed by atoms with Gasteiger partial charge in [0.2, 0.25) is 0 Å². The maximum atomic E-state index is 12.6. The van der Waals surface area contributed by atoms with Gasteiger partial charge in [0.15, 0.2) is 0 Å². The Hall–Kier alpha value is -3.93. The van der Waals surface area contributed by atoms with Gasteiger partial charge in [-0.2, -0.15) is 10.4 Å². The highest BCUT2D eigenvalue weighted by Crippen LogP contribution is 2.27. The molecule has 4 N–H and O–H groups in total. The summed E-state index contributed by atoms with van der Waals surface area (Å²) in [6.45, 7) is 0.554. The molecule has 1 aromatic carbocycles. The summed E-state index contributed by atoms with van der Waals surface area (Å²) in [6.07, 6.45) is 8.49. The molecule has 0 aliphatic heterocycles. The lowest BCUT2D eigenvalue weighted by Crippen LogP contribution is -2.34. The van der Waals surface area contributed by atoms with Gasteiger partial charge in [-0.25, -0.2) is 9.67 Å². The molecule has 31 heavy (non-hydrogen) atoms. The van der Waals surface area contributed by atoms with E-state index in [-0.39, 0.29) is 28.9 Å². The molecule has 1 fully saturated rings. The fraction of sp³-hybridized carbons (Fsp3) is 0.318. The lowest BCUT2D eigenvalue weighted by molar-refractivity contribution is 0.388. The van der Waals surface area contributed by atoms with Crippen LogP contribution in [0.5, 0.6) is 0 Å². The number of amidine groups is 1.